The van der Waals surface area contributed by atoms with Crippen molar-refractivity contribution in [3.63, 3.8) is 0 Å². The van der Waals surface area contributed by atoms with Gasteiger partial charge in [-0.2, -0.15) is 17.0 Å². The van der Waals surface area contributed by atoms with Crippen molar-refractivity contribution >= 4 is 11.8 Å². The Bertz CT molecular complexity index is 382. The molecular formula is C13H16FNS. The number of nitriles is 1. The number of thioether (sulfide) groups is 1. The Morgan fingerprint density at radius 3 is 2.81 bits per heavy atom. The summed E-state index contributed by atoms with van der Waals surface area (Å²) in [7, 11) is 0. The molecule has 0 aromatic heterocycles. The predicted molar refractivity (Wildman–Crippen MR) is 66.7 cm³/mol. The van der Waals surface area contributed by atoms with E-state index in [4.69, 9.17) is 5.26 Å². The molecule has 0 spiro atoms. The summed E-state index contributed by atoms with van der Waals surface area (Å²) in [4.78, 5) is 0. The van der Waals surface area contributed by atoms with Gasteiger partial charge in [0.05, 0.1) is 5.56 Å². The smallest absolute Gasteiger partial charge is 0.140 e. The summed E-state index contributed by atoms with van der Waals surface area (Å²) in [6.45, 7) is 4.40. The van der Waals surface area contributed by atoms with Crippen molar-refractivity contribution in [3.8, 4) is 6.07 Å². The molecule has 0 atom stereocenters. The fraction of sp³-hybridized carbons (Fsp3) is 0.462. The highest BCUT2D eigenvalue weighted by Gasteiger charge is 2.03. The van der Waals surface area contributed by atoms with Gasteiger partial charge in [-0.15, -0.1) is 0 Å². The Kier molecular flexibility index (Phi) is 5.34. The highest BCUT2D eigenvalue weighted by molar-refractivity contribution is 7.98. The van der Waals surface area contributed by atoms with Crippen molar-refractivity contribution in [2.24, 2.45) is 5.92 Å². The Morgan fingerprint density at radius 2 is 2.19 bits per heavy atom. The van der Waals surface area contributed by atoms with E-state index in [9.17, 15) is 4.39 Å². The van der Waals surface area contributed by atoms with Gasteiger partial charge in [-0.25, -0.2) is 4.39 Å². The Balaban J connectivity index is 2.46. The molecule has 0 N–H and O–H groups in total. The van der Waals surface area contributed by atoms with E-state index in [2.05, 4.69) is 13.8 Å². The predicted octanol–water partition coefficient (Wildman–Crippen LogP) is 3.98. The van der Waals surface area contributed by atoms with Crippen LogP contribution in [0.3, 0.4) is 0 Å². The minimum absolute atomic E-state index is 0.141. The van der Waals surface area contributed by atoms with E-state index in [0.717, 1.165) is 23.0 Å². The van der Waals surface area contributed by atoms with Gasteiger partial charge in [0.2, 0.25) is 0 Å². The second kappa shape index (κ2) is 6.55. The number of benzene rings is 1. The fourth-order valence-corrected chi connectivity index (χ4v) is 2.45. The number of halogens is 1. The first kappa shape index (κ1) is 13.1. The average Bonchev–Trinajstić information content (AvgIpc) is 2.26. The Morgan fingerprint density at radius 1 is 1.44 bits per heavy atom. The summed E-state index contributed by atoms with van der Waals surface area (Å²) >= 11 is 1.83. The van der Waals surface area contributed by atoms with Crippen LogP contribution in [0.15, 0.2) is 18.2 Å². The molecule has 1 aromatic rings. The molecule has 3 heteroatoms. The molecule has 0 radical (unpaired) electrons. The van der Waals surface area contributed by atoms with Crippen LogP contribution in [-0.4, -0.2) is 5.75 Å². The maximum atomic E-state index is 13.0. The molecule has 1 aromatic carbocycles. The van der Waals surface area contributed by atoms with Gasteiger partial charge in [-0.1, -0.05) is 19.9 Å². The third-order valence-corrected chi connectivity index (χ3v) is 3.32. The zero-order valence-electron chi connectivity index (χ0n) is 9.66. The molecular weight excluding hydrogens is 221 g/mol. The van der Waals surface area contributed by atoms with Gasteiger partial charge in [0, 0.05) is 5.75 Å². The van der Waals surface area contributed by atoms with Gasteiger partial charge in [0.15, 0.2) is 0 Å². The first-order chi connectivity index (χ1) is 7.63. The summed E-state index contributed by atoms with van der Waals surface area (Å²) in [5.41, 5.74) is 1.16. The third kappa shape index (κ3) is 4.24. The summed E-state index contributed by atoms with van der Waals surface area (Å²) in [5, 5.41) is 8.69. The second-order valence-electron chi connectivity index (χ2n) is 4.16. The SMILES string of the molecule is CC(C)CCSCc1ccc(F)c(C#N)c1. The van der Waals surface area contributed by atoms with Crippen molar-refractivity contribution in [1.29, 1.82) is 5.26 Å². The monoisotopic (exact) mass is 237 g/mol. The molecule has 0 aliphatic heterocycles. The van der Waals surface area contributed by atoms with Gasteiger partial charge >= 0.3 is 0 Å². The molecule has 1 rings (SSSR count). The fourth-order valence-electron chi connectivity index (χ4n) is 1.26. The lowest BCUT2D eigenvalue weighted by Crippen LogP contribution is -1.91. The zero-order valence-corrected chi connectivity index (χ0v) is 10.5. The van der Waals surface area contributed by atoms with Crippen LogP contribution in [0.4, 0.5) is 4.39 Å². The Hall–Kier alpha value is -1.01. The van der Waals surface area contributed by atoms with Crippen LogP contribution >= 0.6 is 11.8 Å². The van der Waals surface area contributed by atoms with E-state index >= 15 is 0 Å². The van der Waals surface area contributed by atoms with Crippen LogP contribution in [-0.2, 0) is 5.75 Å². The van der Waals surface area contributed by atoms with Crippen molar-refractivity contribution in [2.75, 3.05) is 5.75 Å². The molecule has 0 heterocycles. The van der Waals surface area contributed by atoms with E-state index in [1.54, 1.807) is 12.1 Å². The molecule has 0 aliphatic rings. The van der Waals surface area contributed by atoms with E-state index in [0.29, 0.717) is 0 Å². The molecule has 0 unspecified atom stereocenters. The average molecular weight is 237 g/mol. The van der Waals surface area contributed by atoms with Gasteiger partial charge < -0.3 is 0 Å². The van der Waals surface area contributed by atoms with Crippen molar-refractivity contribution in [3.05, 3.63) is 35.1 Å². The lowest BCUT2D eigenvalue weighted by atomic mass is 10.1. The summed E-state index contributed by atoms with van der Waals surface area (Å²) in [6.07, 6.45) is 1.19. The summed E-state index contributed by atoms with van der Waals surface area (Å²) < 4.78 is 13.0. The van der Waals surface area contributed by atoms with Crippen LogP contribution in [0.2, 0.25) is 0 Å². The van der Waals surface area contributed by atoms with Crippen LogP contribution in [0, 0.1) is 23.1 Å². The number of hydrogen-bond donors (Lipinski definition) is 0. The van der Waals surface area contributed by atoms with Gasteiger partial charge in [0.1, 0.15) is 11.9 Å². The third-order valence-electron chi connectivity index (χ3n) is 2.26. The minimum Gasteiger partial charge on any atom is -0.206 e. The lowest BCUT2D eigenvalue weighted by molar-refractivity contribution is 0.623. The molecule has 0 saturated heterocycles. The first-order valence-electron chi connectivity index (χ1n) is 5.39. The normalized spacial score (nSPS) is 10.4. The maximum absolute atomic E-state index is 13.0. The van der Waals surface area contributed by atoms with E-state index in [1.165, 1.54) is 12.5 Å². The van der Waals surface area contributed by atoms with Gasteiger partial charge in [-0.3, -0.25) is 0 Å². The largest absolute Gasteiger partial charge is 0.206 e. The Labute approximate surface area is 101 Å². The van der Waals surface area contributed by atoms with Crippen LogP contribution in [0.5, 0.6) is 0 Å². The topological polar surface area (TPSA) is 23.8 Å². The van der Waals surface area contributed by atoms with Crippen molar-refractivity contribution < 1.29 is 4.39 Å². The van der Waals surface area contributed by atoms with E-state index in [-0.39, 0.29) is 5.56 Å². The van der Waals surface area contributed by atoms with Gasteiger partial charge in [0.25, 0.3) is 0 Å². The molecule has 0 fully saturated rings. The van der Waals surface area contributed by atoms with Crippen LogP contribution in [0.1, 0.15) is 31.4 Å². The van der Waals surface area contributed by atoms with E-state index < -0.39 is 5.82 Å². The molecule has 86 valence electrons. The first-order valence-corrected chi connectivity index (χ1v) is 6.55. The van der Waals surface area contributed by atoms with Gasteiger partial charge in [-0.05, 0) is 35.8 Å². The lowest BCUT2D eigenvalue weighted by Gasteiger charge is -2.05. The standard InChI is InChI=1S/C13H16FNS/c1-10(2)5-6-16-9-11-3-4-13(14)12(7-11)8-15/h3-4,7,10H,5-6,9H2,1-2H3. The minimum atomic E-state index is -0.432. The molecule has 0 bridgehead atoms. The number of hydrogen-bond acceptors (Lipinski definition) is 2. The summed E-state index contributed by atoms with van der Waals surface area (Å²) in [6, 6.07) is 6.62. The quantitative estimate of drug-likeness (QED) is 0.723. The molecule has 0 amide bonds. The number of nitrogens with zero attached hydrogens (tertiary/aromatic N) is 1. The second-order valence-corrected chi connectivity index (χ2v) is 5.27. The maximum Gasteiger partial charge on any atom is 0.140 e. The van der Waals surface area contributed by atoms with E-state index in [1.807, 2.05) is 17.8 Å². The molecule has 0 aliphatic carbocycles. The molecule has 1 nitrogen and oxygen atoms in total. The highest BCUT2D eigenvalue weighted by atomic mass is 32.2. The zero-order chi connectivity index (χ0) is 12.0. The van der Waals surface area contributed by atoms with Crippen molar-refractivity contribution in [1.82, 2.24) is 0 Å². The number of rotatable bonds is 5. The van der Waals surface area contributed by atoms with Crippen LogP contribution < -0.4 is 0 Å². The van der Waals surface area contributed by atoms with Crippen molar-refractivity contribution in [2.45, 2.75) is 26.0 Å². The highest BCUT2D eigenvalue weighted by Crippen LogP contribution is 2.17. The molecule has 0 saturated carbocycles. The van der Waals surface area contributed by atoms with Crippen LogP contribution in [0.25, 0.3) is 0 Å². The summed E-state index contributed by atoms with van der Waals surface area (Å²) in [5.74, 6) is 2.24. The molecule has 16 heavy (non-hydrogen) atoms.